The predicted molar refractivity (Wildman–Crippen MR) is 75.8 cm³/mol. The van der Waals surface area contributed by atoms with E-state index in [9.17, 15) is 4.79 Å². The highest BCUT2D eigenvalue weighted by Gasteiger charge is 2.21. The lowest BCUT2D eigenvalue weighted by Crippen LogP contribution is -2.11. The Kier molecular flexibility index (Phi) is 3.23. The van der Waals surface area contributed by atoms with Gasteiger partial charge in [0.25, 0.3) is 0 Å². The van der Waals surface area contributed by atoms with Crippen LogP contribution in [0.4, 0.5) is 0 Å². The van der Waals surface area contributed by atoms with Gasteiger partial charge in [-0.05, 0) is 37.3 Å². The SMILES string of the molecule is O=C(O)CCn1c2c(c3cccc(Cl)c31)CCCC2. The maximum Gasteiger partial charge on any atom is 0.305 e. The van der Waals surface area contributed by atoms with Crippen molar-refractivity contribution in [3.63, 3.8) is 0 Å². The molecule has 0 atom stereocenters. The highest BCUT2D eigenvalue weighted by Crippen LogP contribution is 2.35. The van der Waals surface area contributed by atoms with Gasteiger partial charge in [-0.15, -0.1) is 0 Å². The molecule has 4 heteroatoms. The number of aromatic nitrogens is 1. The van der Waals surface area contributed by atoms with Crippen molar-refractivity contribution in [2.45, 2.75) is 38.6 Å². The van der Waals surface area contributed by atoms with Crippen LogP contribution in [0.25, 0.3) is 10.9 Å². The molecule has 3 nitrogen and oxygen atoms in total. The monoisotopic (exact) mass is 277 g/mol. The summed E-state index contributed by atoms with van der Waals surface area (Å²) in [6.07, 6.45) is 4.62. The molecule has 1 heterocycles. The highest BCUT2D eigenvalue weighted by molar-refractivity contribution is 6.35. The summed E-state index contributed by atoms with van der Waals surface area (Å²) in [5.74, 6) is -0.765. The molecule has 1 aliphatic rings. The van der Waals surface area contributed by atoms with Crippen LogP contribution in [0.15, 0.2) is 18.2 Å². The molecule has 3 rings (SSSR count). The second-order valence-electron chi connectivity index (χ2n) is 5.06. The average molecular weight is 278 g/mol. The van der Waals surface area contributed by atoms with Gasteiger partial charge in [0.1, 0.15) is 0 Å². The fraction of sp³-hybridized carbons (Fsp3) is 0.400. The van der Waals surface area contributed by atoms with Gasteiger partial charge >= 0.3 is 5.97 Å². The third-order valence-corrected chi connectivity index (χ3v) is 4.20. The fourth-order valence-corrected chi connectivity index (χ4v) is 3.38. The minimum Gasteiger partial charge on any atom is -0.481 e. The second kappa shape index (κ2) is 4.89. The predicted octanol–water partition coefficient (Wildman–Crippen LogP) is 3.65. The van der Waals surface area contributed by atoms with Crippen LogP contribution in [0, 0.1) is 0 Å². The summed E-state index contributed by atoms with van der Waals surface area (Å²) in [7, 11) is 0. The van der Waals surface area contributed by atoms with E-state index < -0.39 is 5.97 Å². The van der Waals surface area contributed by atoms with E-state index in [1.807, 2.05) is 12.1 Å². The normalized spacial score (nSPS) is 14.6. The highest BCUT2D eigenvalue weighted by atomic mass is 35.5. The third kappa shape index (κ3) is 2.12. The first-order valence-electron chi connectivity index (χ1n) is 6.68. The second-order valence-corrected chi connectivity index (χ2v) is 5.47. The zero-order valence-corrected chi connectivity index (χ0v) is 11.4. The Bertz CT molecular complexity index is 645. The maximum absolute atomic E-state index is 10.8. The quantitative estimate of drug-likeness (QED) is 0.930. The first kappa shape index (κ1) is 12.5. The molecule has 0 unspecified atom stereocenters. The lowest BCUT2D eigenvalue weighted by molar-refractivity contribution is -0.137. The number of carboxylic acids is 1. The van der Waals surface area contributed by atoms with Crippen LogP contribution in [0.5, 0.6) is 0 Å². The van der Waals surface area contributed by atoms with Crippen molar-refractivity contribution in [3.05, 3.63) is 34.5 Å². The van der Waals surface area contributed by atoms with Gasteiger partial charge in [-0.3, -0.25) is 4.79 Å². The molecule has 0 aliphatic heterocycles. The zero-order chi connectivity index (χ0) is 13.4. The van der Waals surface area contributed by atoms with Crippen molar-refractivity contribution >= 4 is 28.5 Å². The van der Waals surface area contributed by atoms with E-state index in [1.54, 1.807) is 0 Å². The van der Waals surface area contributed by atoms with Crippen molar-refractivity contribution < 1.29 is 9.90 Å². The van der Waals surface area contributed by atoms with E-state index >= 15 is 0 Å². The number of carbonyl (C=O) groups is 1. The molecule has 0 amide bonds. The smallest absolute Gasteiger partial charge is 0.305 e. The van der Waals surface area contributed by atoms with Crippen molar-refractivity contribution in [1.82, 2.24) is 4.57 Å². The van der Waals surface area contributed by atoms with E-state index in [0.717, 1.165) is 23.4 Å². The molecule has 1 aliphatic carbocycles. The van der Waals surface area contributed by atoms with Gasteiger partial charge in [-0.25, -0.2) is 0 Å². The summed E-state index contributed by atoms with van der Waals surface area (Å²) in [6, 6.07) is 5.95. The molecule has 0 saturated carbocycles. The molecular formula is C15H16ClNO2. The van der Waals surface area contributed by atoms with Crippen LogP contribution < -0.4 is 0 Å². The molecule has 0 bridgehead atoms. The third-order valence-electron chi connectivity index (χ3n) is 3.90. The Morgan fingerprint density at radius 3 is 2.89 bits per heavy atom. The Hall–Kier alpha value is -1.48. The van der Waals surface area contributed by atoms with E-state index in [2.05, 4.69) is 10.6 Å². The van der Waals surface area contributed by atoms with Crippen LogP contribution in [0.2, 0.25) is 5.02 Å². The van der Waals surface area contributed by atoms with Crippen LogP contribution >= 0.6 is 11.6 Å². The summed E-state index contributed by atoms with van der Waals surface area (Å²) in [5.41, 5.74) is 3.67. The van der Waals surface area contributed by atoms with Crippen LogP contribution in [0.3, 0.4) is 0 Å². The van der Waals surface area contributed by atoms with Gasteiger partial charge < -0.3 is 9.67 Å². The number of para-hydroxylation sites is 1. The number of hydrogen-bond donors (Lipinski definition) is 1. The van der Waals surface area contributed by atoms with E-state index in [-0.39, 0.29) is 6.42 Å². The number of carboxylic acid groups (broad SMARTS) is 1. The van der Waals surface area contributed by atoms with Gasteiger partial charge in [0.2, 0.25) is 0 Å². The number of aryl methyl sites for hydroxylation is 2. The molecule has 2 aromatic rings. The molecule has 0 saturated heterocycles. The van der Waals surface area contributed by atoms with Gasteiger partial charge in [-0.2, -0.15) is 0 Å². The first-order valence-corrected chi connectivity index (χ1v) is 7.06. The Morgan fingerprint density at radius 1 is 1.32 bits per heavy atom. The molecule has 19 heavy (non-hydrogen) atoms. The van der Waals surface area contributed by atoms with Crippen molar-refractivity contribution in [2.75, 3.05) is 0 Å². The van der Waals surface area contributed by atoms with Crippen molar-refractivity contribution in [3.8, 4) is 0 Å². The minimum atomic E-state index is -0.765. The molecule has 0 radical (unpaired) electrons. The molecular weight excluding hydrogens is 262 g/mol. The summed E-state index contributed by atoms with van der Waals surface area (Å²) in [4.78, 5) is 10.8. The molecule has 0 fully saturated rings. The number of fused-ring (bicyclic) bond motifs is 3. The minimum absolute atomic E-state index is 0.140. The molecule has 1 N–H and O–H groups in total. The fourth-order valence-electron chi connectivity index (χ4n) is 3.10. The van der Waals surface area contributed by atoms with Crippen LogP contribution in [-0.2, 0) is 24.2 Å². The first-order chi connectivity index (χ1) is 9.18. The largest absolute Gasteiger partial charge is 0.481 e. The maximum atomic E-state index is 10.8. The summed E-state index contributed by atoms with van der Waals surface area (Å²) in [6.45, 7) is 0.505. The summed E-state index contributed by atoms with van der Waals surface area (Å²) in [5, 5.41) is 10.8. The number of rotatable bonds is 3. The Morgan fingerprint density at radius 2 is 2.11 bits per heavy atom. The number of halogens is 1. The molecule has 100 valence electrons. The Labute approximate surface area is 116 Å². The van der Waals surface area contributed by atoms with Gasteiger partial charge in [0.15, 0.2) is 0 Å². The topological polar surface area (TPSA) is 42.2 Å². The molecule has 0 spiro atoms. The van der Waals surface area contributed by atoms with E-state index in [0.29, 0.717) is 6.54 Å². The van der Waals surface area contributed by atoms with Crippen molar-refractivity contribution in [1.29, 1.82) is 0 Å². The molecule has 1 aromatic heterocycles. The lowest BCUT2D eigenvalue weighted by atomic mass is 9.95. The van der Waals surface area contributed by atoms with Gasteiger partial charge in [0, 0.05) is 17.6 Å². The van der Waals surface area contributed by atoms with E-state index in [1.165, 1.54) is 29.5 Å². The standard InChI is InChI=1S/C15H16ClNO2/c16-12-6-3-5-11-10-4-1-2-7-13(10)17(15(11)12)9-8-14(18)19/h3,5-6H,1-2,4,7-9H2,(H,18,19). The zero-order valence-electron chi connectivity index (χ0n) is 10.7. The number of aliphatic carboxylic acids is 1. The molecule has 1 aromatic carbocycles. The van der Waals surface area contributed by atoms with E-state index in [4.69, 9.17) is 16.7 Å². The Balaban J connectivity index is 2.19. The summed E-state index contributed by atoms with van der Waals surface area (Å²) < 4.78 is 2.13. The van der Waals surface area contributed by atoms with Crippen LogP contribution in [-0.4, -0.2) is 15.6 Å². The number of benzene rings is 1. The van der Waals surface area contributed by atoms with Gasteiger partial charge in [-0.1, -0.05) is 23.7 Å². The number of nitrogens with zero attached hydrogens (tertiary/aromatic N) is 1. The van der Waals surface area contributed by atoms with Crippen LogP contribution in [0.1, 0.15) is 30.5 Å². The van der Waals surface area contributed by atoms with Gasteiger partial charge in [0.05, 0.1) is 17.0 Å². The summed E-state index contributed by atoms with van der Waals surface area (Å²) >= 11 is 6.33. The van der Waals surface area contributed by atoms with Crippen molar-refractivity contribution in [2.24, 2.45) is 0 Å². The average Bonchev–Trinajstić information content (AvgIpc) is 2.72. The number of hydrogen-bond acceptors (Lipinski definition) is 1. The lowest BCUT2D eigenvalue weighted by Gasteiger charge is -2.15.